The molecule has 1 amide bonds. The van der Waals surface area contributed by atoms with Gasteiger partial charge in [0, 0.05) is 16.8 Å². The van der Waals surface area contributed by atoms with Gasteiger partial charge in [0.2, 0.25) is 0 Å². The van der Waals surface area contributed by atoms with Crippen molar-refractivity contribution in [3.05, 3.63) is 64.7 Å². The van der Waals surface area contributed by atoms with Gasteiger partial charge in [-0.05, 0) is 38.1 Å². The monoisotopic (exact) mass is 393 g/mol. The normalized spacial score (nSPS) is 11.1. The number of para-hydroxylation sites is 2. The minimum absolute atomic E-state index is 0.136. The third kappa shape index (κ3) is 2.92. The molecular formula is C20H16FN5O3. The number of aromatic carboxylic acids is 1. The number of carbonyl (C=O) groups excluding carboxylic acids is 1. The topological polar surface area (TPSA) is 127 Å². The second-order valence-electron chi connectivity index (χ2n) is 6.59. The standard InChI is InChI=1S/C20H16FN5O3/c1-9-10(2)26(25-17(9)20(28)29)16-8-11(18(22)27)13(21)7-12(16)19-23-14-5-3-4-6-15(14)24-19/h3-8H,1-2H3,(H2,22,27)(H,23,24)(H,28,29). The average molecular weight is 393 g/mol. The molecule has 8 nitrogen and oxygen atoms in total. The minimum atomic E-state index is -1.19. The Bertz CT molecular complexity index is 1270. The number of benzene rings is 2. The summed E-state index contributed by atoms with van der Waals surface area (Å²) in [5, 5.41) is 13.5. The van der Waals surface area contributed by atoms with Gasteiger partial charge >= 0.3 is 5.97 Å². The number of amides is 1. The lowest BCUT2D eigenvalue weighted by atomic mass is 10.1. The van der Waals surface area contributed by atoms with Gasteiger partial charge in [-0.3, -0.25) is 4.79 Å². The molecule has 0 saturated heterocycles. The molecule has 29 heavy (non-hydrogen) atoms. The van der Waals surface area contributed by atoms with Crippen LogP contribution in [0.15, 0.2) is 36.4 Å². The number of nitrogens with one attached hydrogen (secondary N) is 1. The molecule has 0 aliphatic carbocycles. The van der Waals surface area contributed by atoms with Crippen molar-refractivity contribution in [2.75, 3.05) is 0 Å². The molecule has 4 rings (SSSR count). The van der Waals surface area contributed by atoms with E-state index in [-0.39, 0.29) is 16.9 Å². The average Bonchev–Trinajstić information content (AvgIpc) is 3.23. The Morgan fingerprint density at radius 1 is 1.21 bits per heavy atom. The molecule has 0 unspecified atom stereocenters. The third-order valence-corrected chi connectivity index (χ3v) is 4.84. The smallest absolute Gasteiger partial charge is 0.356 e. The Kier molecular flexibility index (Phi) is 4.15. The molecule has 0 aliphatic heterocycles. The Hall–Kier alpha value is -4.01. The SMILES string of the molecule is Cc1c(C(=O)O)nn(-c2cc(C(N)=O)c(F)cc2-c2nc3ccccc3[nH]2)c1C. The fourth-order valence-electron chi connectivity index (χ4n) is 3.21. The minimum Gasteiger partial charge on any atom is -0.476 e. The molecule has 146 valence electrons. The number of aromatic nitrogens is 4. The number of carboxylic acid groups (broad SMARTS) is 1. The van der Waals surface area contributed by atoms with E-state index in [0.717, 1.165) is 11.6 Å². The summed E-state index contributed by atoms with van der Waals surface area (Å²) in [7, 11) is 0. The van der Waals surface area contributed by atoms with E-state index in [9.17, 15) is 19.1 Å². The van der Waals surface area contributed by atoms with Crippen LogP contribution in [-0.2, 0) is 0 Å². The van der Waals surface area contributed by atoms with E-state index in [1.807, 2.05) is 18.2 Å². The number of hydrogen-bond acceptors (Lipinski definition) is 4. The van der Waals surface area contributed by atoms with Crippen LogP contribution in [-0.4, -0.2) is 36.7 Å². The number of aromatic amines is 1. The summed E-state index contributed by atoms with van der Waals surface area (Å²) in [6.07, 6.45) is 0. The first-order chi connectivity index (χ1) is 13.8. The number of hydrogen-bond donors (Lipinski definition) is 3. The summed E-state index contributed by atoms with van der Waals surface area (Å²) in [4.78, 5) is 30.8. The van der Waals surface area contributed by atoms with Gasteiger partial charge in [-0.2, -0.15) is 5.10 Å². The van der Waals surface area contributed by atoms with Gasteiger partial charge in [-0.25, -0.2) is 18.9 Å². The third-order valence-electron chi connectivity index (χ3n) is 4.84. The van der Waals surface area contributed by atoms with Crippen LogP contribution in [0.4, 0.5) is 4.39 Å². The number of halogens is 1. The van der Waals surface area contributed by atoms with Crippen molar-refractivity contribution in [2.45, 2.75) is 13.8 Å². The van der Waals surface area contributed by atoms with Crippen LogP contribution < -0.4 is 5.73 Å². The first-order valence-corrected chi connectivity index (χ1v) is 8.66. The van der Waals surface area contributed by atoms with Crippen molar-refractivity contribution in [3.8, 4) is 17.1 Å². The van der Waals surface area contributed by atoms with Crippen molar-refractivity contribution in [3.63, 3.8) is 0 Å². The van der Waals surface area contributed by atoms with Crippen molar-refractivity contribution >= 4 is 22.9 Å². The summed E-state index contributed by atoms with van der Waals surface area (Å²) >= 11 is 0. The maximum atomic E-state index is 14.6. The summed E-state index contributed by atoms with van der Waals surface area (Å²) in [6, 6.07) is 9.68. The van der Waals surface area contributed by atoms with Gasteiger partial charge in [0.1, 0.15) is 11.6 Å². The predicted octanol–water partition coefficient (Wildman–Crippen LogP) is 2.97. The second-order valence-corrected chi connectivity index (χ2v) is 6.59. The van der Waals surface area contributed by atoms with Crippen molar-refractivity contribution in [1.29, 1.82) is 0 Å². The molecule has 2 heterocycles. The Morgan fingerprint density at radius 2 is 1.93 bits per heavy atom. The van der Waals surface area contributed by atoms with Crippen molar-refractivity contribution in [1.82, 2.24) is 19.7 Å². The fourth-order valence-corrected chi connectivity index (χ4v) is 3.21. The van der Waals surface area contributed by atoms with Crippen LogP contribution in [0.1, 0.15) is 32.1 Å². The second kappa shape index (κ2) is 6.55. The highest BCUT2D eigenvalue weighted by atomic mass is 19.1. The number of nitrogens with zero attached hydrogens (tertiary/aromatic N) is 3. The van der Waals surface area contributed by atoms with Gasteiger partial charge < -0.3 is 15.8 Å². The van der Waals surface area contributed by atoms with E-state index in [1.54, 1.807) is 19.9 Å². The zero-order valence-electron chi connectivity index (χ0n) is 15.5. The molecule has 4 aromatic rings. The van der Waals surface area contributed by atoms with Crippen LogP contribution in [0, 0.1) is 19.7 Å². The molecule has 0 atom stereocenters. The summed E-state index contributed by atoms with van der Waals surface area (Å²) in [6.45, 7) is 3.31. The maximum Gasteiger partial charge on any atom is 0.356 e. The zero-order chi connectivity index (χ0) is 20.9. The molecule has 2 aromatic carbocycles. The van der Waals surface area contributed by atoms with Crippen LogP contribution in [0.2, 0.25) is 0 Å². The van der Waals surface area contributed by atoms with E-state index in [2.05, 4.69) is 15.1 Å². The van der Waals surface area contributed by atoms with E-state index >= 15 is 0 Å². The highest BCUT2D eigenvalue weighted by Gasteiger charge is 2.23. The number of fused-ring (bicyclic) bond motifs is 1. The number of imidazole rings is 1. The van der Waals surface area contributed by atoms with Gasteiger partial charge in [0.05, 0.1) is 22.3 Å². The number of primary amides is 1. The first kappa shape index (κ1) is 18.4. The van der Waals surface area contributed by atoms with E-state index in [4.69, 9.17) is 5.73 Å². The summed E-state index contributed by atoms with van der Waals surface area (Å²) in [5.74, 6) is -2.59. The predicted molar refractivity (Wildman–Crippen MR) is 104 cm³/mol. The number of carboxylic acids is 1. The van der Waals surface area contributed by atoms with Gasteiger partial charge in [-0.1, -0.05) is 12.1 Å². The van der Waals surface area contributed by atoms with Crippen molar-refractivity contribution < 1.29 is 19.1 Å². The summed E-state index contributed by atoms with van der Waals surface area (Å²) in [5.41, 5.74) is 7.84. The lowest BCUT2D eigenvalue weighted by Gasteiger charge is -2.12. The summed E-state index contributed by atoms with van der Waals surface area (Å²) < 4.78 is 15.9. The highest BCUT2D eigenvalue weighted by molar-refractivity contribution is 5.95. The van der Waals surface area contributed by atoms with Crippen LogP contribution in [0.25, 0.3) is 28.1 Å². The highest BCUT2D eigenvalue weighted by Crippen LogP contribution is 2.31. The maximum absolute atomic E-state index is 14.6. The van der Waals surface area contributed by atoms with E-state index in [1.165, 1.54) is 10.7 Å². The lowest BCUT2D eigenvalue weighted by Crippen LogP contribution is -2.15. The largest absolute Gasteiger partial charge is 0.476 e. The first-order valence-electron chi connectivity index (χ1n) is 8.66. The molecule has 2 aromatic heterocycles. The number of carbonyl (C=O) groups is 2. The molecule has 9 heteroatoms. The molecular weight excluding hydrogens is 377 g/mol. The number of rotatable bonds is 4. The zero-order valence-corrected chi connectivity index (χ0v) is 15.5. The van der Waals surface area contributed by atoms with Crippen molar-refractivity contribution in [2.24, 2.45) is 5.73 Å². The number of H-pyrrole nitrogens is 1. The van der Waals surface area contributed by atoms with Crippen LogP contribution in [0.3, 0.4) is 0 Å². The molecule has 0 spiro atoms. The van der Waals surface area contributed by atoms with Gasteiger partial charge in [0.15, 0.2) is 5.69 Å². The fraction of sp³-hybridized carbons (Fsp3) is 0.100. The number of nitrogens with two attached hydrogens (primary N) is 1. The lowest BCUT2D eigenvalue weighted by molar-refractivity contribution is 0.0689. The van der Waals surface area contributed by atoms with Gasteiger partial charge in [0.25, 0.3) is 5.91 Å². The van der Waals surface area contributed by atoms with Crippen LogP contribution >= 0.6 is 0 Å². The Balaban J connectivity index is 2.04. The quantitative estimate of drug-likeness (QED) is 0.491. The molecule has 0 fully saturated rings. The van der Waals surface area contributed by atoms with Gasteiger partial charge in [-0.15, -0.1) is 0 Å². The molecule has 4 N–H and O–H groups in total. The Labute approximate surface area is 163 Å². The molecule has 0 aliphatic rings. The molecule has 0 radical (unpaired) electrons. The Morgan fingerprint density at radius 3 is 2.55 bits per heavy atom. The van der Waals surface area contributed by atoms with E-state index < -0.39 is 17.7 Å². The van der Waals surface area contributed by atoms with E-state index in [0.29, 0.717) is 28.2 Å². The van der Waals surface area contributed by atoms with Crippen LogP contribution in [0.5, 0.6) is 0 Å². The molecule has 0 bridgehead atoms. The molecule has 0 saturated carbocycles.